The number of hydrogen-bond acceptors (Lipinski definition) is 3. The van der Waals surface area contributed by atoms with E-state index in [0.717, 1.165) is 25.1 Å². The Morgan fingerprint density at radius 2 is 2.21 bits per heavy atom. The number of furan rings is 1. The van der Waals surface area contributed by atoms with Crippen LogP contribution in [0, 0.1) is 0 Å². The topological polar surface area (TPSA) is 33.5 Å². The van der Waals surface area contributed by atoms with Crippen molar-refractivity contribution in [3.05, 3.63) is 17.9 Å². The van der Waals surface area contributed by atoms with Gasteiger partial charge in [-0.1, -0.05) is 6.92 Å². The van der Waals surface area contributed by atoms with Crippen molar-refractivity contribution in [3.8, 4) is 0 Å². The highest BCUT2D eigenvalue weighted by Gasteiger charge is 2.12. The van der Waals surface area contributed by atoms with Crippen molar-refractivity contribution in [2.75, 3.05) is 11.4 Å². The maximum Gasteiger partial charge on any atom is 0.196 e. The van der Waals surface area contributed by atoms with E-state index in [1.165, 1.54) is 0 Å². The Morgan fingerprint density at radius 1 is 1.50 bits per heavy atom. The van der Waals surface area contributed by atoms with Crippen molar-refractivity contribution in [2.45, 2.75) is 33.2 Å². The number of anilines is 1. The minimum Gasteiger partial charge on any atom is -0.438 e. The summed E-state index contributed by atoms with van der Waals surface area (Å²) >= 11 is 0. The fraction of sp³-hybridized carbons (Fsp3) is 0.545. The lowest BCUT2D eigenvalue weighted by Crippen LogP contribution is -2.30. The van der Waals surface area contributed by atoms with Gasteiger partial charge in [0.2, 0.25) is 0 Å². The van der Waals surface area contributed by atoms with Gasteiger partial charge in [0.05, 0.1) is 0 Å². The summed E-state index contributed by atoms with van der Waals surface area (Å²) in [5.41, 5.74) is 0. The fourth-order valence-corrected chi connectivity index (χ4v) is 1.42. The molecule has 0 aromatic carbocycles. The van der Waals surface area contributed by atoms with Gasteiger partial charge in [-0.25, -0.2) is 0 Å². The molecule has 0 aliphatic heterocycles. The zero-order valence-corrected chi connectivity index (χ0v) is 8.99. The lowest BCUT2D eigenvalue weighted by Gasteiger charge is -2.25. The summed E-state index contributed by atoms with van der Waals surface area (Å²) in [6.07, 6.45) is 1.79. The zero-order valence-electron chi connectivity index (χ0n) is 8.99. The van der Waals surface area contributed by atoms with Crippen LogP contribution in [0.15, 0.2) is 16.5 Å². The standard InChI is InChI=1S/C11H17NO2/c1-4-7-12(9(2)3)11-6-5-10(8-13)14-11/h5-6,8-9H,4,7H2,1-3H3. The Kier molecular flexibility index (Phi) is 3.74. The maximum absolute atomic E-state index is 10.5. The molecule has 0 N–H and O–H groups in total. The molecule has 3 heteroatoms. The quantitative estimate of drug-likeness (QED) is 0.677. The van der Waals surface area contributed by atoms with Crippen LogP contribution in [0.4, 0.5) is 5.88 Å². The molecular weight excluding hydrogens is 178 g/mol. The lowest BCUT2D eigenvalue weighted by atomic mass is 10.3. The Labute approximate surface area is 84.7 Å². The SMILES string of the molecule is CCCN(c1ccc(C=O)o1)C(C)C. The van der Waals surface area contributed by atoms with Crippen LogP contribution in [0.3, 0.4) is 0 Å². The summed E-state index contributed by atoms with van der Waals surface area (Å²) in [7, 11) is 0. The molecule has 1 aromatic rings. The molecular formula is C11H17NO2. The van der Waals surface area contributed by atoms with Crippen LogP contribution in [0.25, 0.3) is 0 Å². The summed E-state index contributed by atoms with van der Waals surface area (Å²) in [6, 6.07) is 3.94. The van der Waals surface area contributed by atoms with Gasteiger partial charge in [-0.05, 0) is 26.3 Å². The third-order valence-electron chi connectivity index (χ3n) is 2.10. The van der Waals surface area contributed by atoms with Crippen LogP contribution in [0.1, 0.15) is 37.7 Å². The zero-order chi connectivity index (χ0) is 10.6. The first kappa shape index (κ1) is 10.8. The van der Waals surface area contributed by atoms with E-state index in [0.29, 0.717) is 11.8 Å². The average Bonchev–Trinajstić information content (AvgIpc) is 2.61. The second-order valence-corrected chi connectivity index (χ2v) is 3.58. The van der Waals surface area contributed by atoms with Gasteiger partial charge in [-0.15, -0.1) is 0 Å². The Balaban J connectivity index is 2.81. The van der Waals surface area contributed by atoms with Crippen molar-refractivity contribution < 1.29 is 9.21 Å². The largest absolute Gasteiger partial charge is 0.438 e. The number of rotatable bonds is 5. The highest BCUT2D eigenvalue weighted by molar-refractivity contribution is 5.71. The van der Waals surface area contributed by atoms with Crippen molar-refractivity contribution in [3.63, 3.8) is 0 Å². The molecule has 0 saturated carbocycles. The third kappa shape index (κ3) is 2.37. The van der Waals surface area contributed by atoms with Crippen LogP contribution in [0.5, 0.6) is 0 Å². The van der Waals surface area contributed by atoms with Crippen LogP contribution < -0.4 is 4.90 Å². The normalized spacial score (nSPS) is 10.6. The van der Waals surface area contributed by atoms with E-state index in [2.05, 4.69) is 25.7 Å². The summed E-state index contributed by atoms with van der Waals surface area (Å²) in [6.45, 7) is 7.29. The molecule has 0 radical (unpaired) electrons. The first-order chi connectivity index (χ1) is 6.69. The van der Waals surface area contributed by atoms with Crippen LogP contribution in [-0.4, -0.2) is 18.9 Å². The van der Waals surface area contributed by atoms with Crippen molar-refractivity contribution in [2.24, 2.45) is 0 Å². The second kappa shape index (κ2) is 4.84. The predicted molar refractivity (Wildman–Crippen MR) is 56.9 cm³/mol. The Hall–Kier alpha value is -1.25. The number of carbonyl (C=O) groups excluding carboxylic acids is 1. The van der Waals surface area contributed by atoms with Gasteiger partial charge in [0.15, 0.2) is 17.9 Å². The molecule has 14 heavy (non-hydrogen) atoms. The smallest absolute Gasteiger partial charge is 0.196 e. The number of carbonyl (C=O) groups is 1. The molecule has 78 valence electrons. The van der Waals surface area contributed by atoms with E-state index in [9.17, 15) is 4.79 Å². The molecule has 1 aromatic heterocycles. The van der Waals surface area contributed by atoms with Crippen LogP contribution in [0.2, 0.25) is 0 Å². The molecule has 0 amide bonds. The third-order valence-corrected chi connectivity index (χ3v) is 2.10. The molecule has 0 spiro atoms. The van der Waals surface area contributed by atoms with E-state index in [4.69, 9.17) is 4.42 Å². The van der Waals surface area contributed by atoms with Gasteiger partial charge in [-0.3, -0.25) is 4.79 Å². The van der Waals surface area contributed by atoms with E-state index in [1.54, 1.807) is 6.07 Å². The molecule has 0 saturated heterocycles. The van der Waals surface area contributed by atoms with Crippen molar-refractivity contribution in [1.82, 2.24) is 0 Å². The van der Waals surface area contributed by atoms with Gasteiger partial charge >= 0.3 is 0 Å². The van der Waals surface area contributed by atoms with Crippen LogP contribution in [-0.2, 0) is 0 Å². The van der Waals surface area contributed by atoms with Gasteiger partial charge in [0.25, 0.3) is 0 Å². The summed E-state index contributed by atoms with van der Waals surface area (Å²) in [5.74, 6) is 1.17. The highest BCUT2D eigenvalue weighted by Crippen LogP contribution is 2.20. The van der Waals surface area contributed by atoms with Gasteiger partial charge in [-0.2, -0.15) is 0 Å². The van der Waals surface area contributed by atoms with Crippen molar-refractivity contribution >= 4 is 12.2 Å². The Bertz CT molecular complexity index is 291. The molecule has 0 atom stereocenters. The van der Waals surface area contributed by atoms with Crippen molar-refractivity contribution in [1.29, 1.82) is 0 Å². The molecule has 1 rings (SSSR count). The molecule has 0 bridgehead atoms. The molecule has 3 nitrogen and oxygen atoms in total. The molecule has 1 heterocycles. The monoisotopic (exact) mass is 195 g/mol. The number of nitrogens with zero attached hydrogens (tertiary/aromatic N) is 1. The van der Waals surface area contributed by atoms with E-state index in [-0.39, 0.29) is 0 Å². The van der Waals surface area contributed by atoms with Gasteiger partial charge in [0, 0.05) is 18.7 Å². The van der Waals surface area contributed by atoms with Gasteiger partial charge < -0.3 is 9.32 Å². The highest BCUT2D eigenvalue weighted by atomic mass is 16.4. The maximum atomic E-state index is 10.5. The number of aldehydes is 1. The average molecular weight is 195 g/mol. The minimum atomic E-state index is 0.389. The molecule has 0 fully saturated rings. The fourth-order valence-electron chi connectivity index (χ4n) is 1.42. The molecule has 0 aliphatic carbocycles. The van der Waals surface area contributed by atoms with E-state index >= 15 is 0 Å². The van der Waals surface area contributed by atoms with E-state index < -0.39 is 0 Å². The second-order valence-electron chi connectivity index (χ2n) is 3.58. The number of hydrogen-bond donors (Lipinski definition) is 0. The molecule has 0 unspecified atom stereocenters. The first-order valence-corrected chi connectivity index (χ1v) is 5.00. The summed E-state index contributed by atoms with van der Waals surface area (Å²) < 4.78 is 5.37. The first-order valence-electron chi connectivity index (χ1n) is 5.00. The lowest BCUT2D eigenvalue weighted by molar-refractivity contribution is 0.110. The minimum absolute atomic E-state index is 0.389. The van der Waals surface area contributed by atoms with Crippen LogP contribution >= 0.6 is 0 Å². The van der Waals surface area contributed by atoms with E-state index in [1.807, 2.05) is 6.07 Å². The summed E-state index contributed by atoms with van der Waals surface area (Å²) in [4.78, 5) is 12.6. The summed E-state index contributed by atoms with van der Waals surface area (Å²) in [5, 5.41) is 0. The Morgan fingerprint density at radius 3 is 2.64 bits per heavy atom. The molecule has 0 aliphatic rings. The predicted octanol–water partition coefficient (Wildman–Crippen LogP) is 2.72. The van der Waals surface area contributed by atoms with Gasteiger partial charge in [0.1, 0.15) is 0 Å².